The molecule has 0 aromatic rings. The van der Waals surface area contributed by atoms with Crippen molar-refractivity contribution in [2.75, 3.05) is 6.54 Å². The van der Waals surface area contributed by atoms with Crippen molar-refractivity contribution in [3.05, 3.63) is 0 Å². The molecule has 0 radical (unpaired) electrons. The normalized spacial score (nSPS) is 24.8. The van der Waals surface area contributed by atoms with Crippen molar-refractivity contribution in [1.82, 2.24) is 10.6 Å². The molecule has 1 amide bonds. The molecule has 1 rings (SSSR count). The van der Waals surface area contributed by atoms with Gasteiger partial charge in [0.2, 0.25) is 5.91 Å². The summed E-state index contributed by atoms with van der Waals surface area (Å²) >= 11 is 0. The van der Waals surface area contributed by atoms with Gasteiger partial charge in [-0.25, -0.2) is 0 Å². The number of carbonyl (C=O) groups excluding carboxylic acids is 1. The first-order chi connectivity index (χ1) is 6.11. The quantitative estimate of drug-likeness (QED) is 0.684. The minimum Gasteiger partial charge on any atom is -0.352 e. The molecule has 0 aliphatic carbocycles. The summed E-state index contributed by atoms with van der Waals surface area (Å²) in [4.78, 5) is 11.6. The zero-order chi connectivity index (χ0) is 9.84. The van der Waals surface area contributed by atoms with E-state index in [1.807, 2.05) is 0 Å². The second kappa shape index (κ2) is 4.61. The second-order valence-electron chi connectivity index (χ2n) is 4.19. The molecule has 0 saturated carbocycles. The van der Waals surface area contributed by atoms with Crippen LogP contribution in [0.5, 0.6) is 0 Å². The summed E-state index contributed by atoms with van der Waals surface area (Å²) in [5, 5.41) is 6.21. The molecule has 1 unspecified atom stereocenters. The van der Waals surface area contributed by atoms with Crippen LogP contribution in [0.25, 0.3) is 0 Å². The van der Waals surface area contributed by atoms with Gasteiger partial charge in [0, 0.05) is 6.04 Å². The van der Waals surface area contributed by atoms with Gasteiger partial charge in [-0.15, -0.1) is 0 Å². The maximum Gasteiger partial charge on any atom is 0.237 e. The Balaban J connectivity index is 2.31. The van der Waals surface area contributed by atoms with Gasteiger partial charge >= 0.3 is 0 Å². The molecular formula is C10H20N2O. The van der Waals surface area contributed by atoms with Crippen LogP contribution in [0, 0.1) is 5.92 Å². The Kier molecular flexibility index (Phi) is 3.72. The maximum atomic E-state index is 11.6. The van der Waals surface area contributed by atoms with E-state index in [1.165, 1.54) is 0 Å². The Labute approximate surface area is 80.3 Å². The van der Waals surface area contributed by atoms with E-state index < -0.39 is 0 Å². The molecule has 76 valence electrons. The van der Waals surface area contributed by atoms with Crippen LogP contribution in [-0.2, 0) is 4.79 Å². The van der Waals surface area contributed by atoms with Crippen molar-refractivity contribution < 1.29 is 4.79 Å². The average molecular weight is 184 g/mol. The molecule has 0 aromatic carbocycles. The monoisotopic (exact) mass is 184 g/mol. The fourth-order valence-electron chi connectivity index (χ4n) is 1.40. The van der Waals surface area contributed by atoms with Crippen LogP contribution in [0.3, 0.4) is 0 Å². The van der Waals surface area contributed by atoms with E-state index in [4.69, 9.17) is 0 Å². The number of nitrogens with one attached hydrogen (secondary N) is 2. The molecule has 0 aromatic heterocycles. The molecule has 3 nitrogen and oxygen atoms in total. The van der Waals surface area contributed by atoms with Gasteiger partial charge in [-0.1, -0.05) is 13.8 Å². The first-order valence-electron chi connectivity index (χ1n) is 5.15. The van der Waals surface area contributed by atoms with Gasteiger partial charge in [0.15, 0.2) is 0 Å². The lowest BCUT2D eigenvalue weighted by atomic mass is 10.1. The van der Waals surface area contributed by atoms with Crippen LogP contribution in [0.1, 0.15) is 33.6 Å². The highest BCUT2D eigenvalue weighted by Gasteiger charge is 2.23. The van der Waals surface area contributed by atoms with E-state index in [1.54, 1.807) is 0 Å². The van der Waals surface area contributed by atoms with E-state index in [-0.39, 0.29) is 18.0 Å². The van der Waals surface area contributed by atoms with Gasteiger partial charge in [-0.3, -0.25) is 4.79 Å². The standard InChI is InChI=1S/C10H20N2O/c1-7(2)8(3)12-10(13)9-5-4-6-11-9/h7-9,11H,4-6H2,1-3H3,(H,12,13)/t8?,9-/m0/s1. The minimum atomic E-state index is 0.0567. The summed E-state index contributed by atoms with van der Waals surface area (Å²) < 4.78 is 0. The zero-order valence-corrected chi connectivity index (χ0v) is 8.76. The van der Waals surface area contributed by atoms with Crippen molar-refractivity contribution in [3.8, 4) is 0 Å². The number of carbonyl (C=O) groups is 1. The van der Waals surface area contributed by atoms with Crippen LogP contribution >= 0.6 is 0 Å². The Morgan fingerprint density at radius 1 is 1.46 bits per heavy atom. The van der Waals surface area contributed by atoms with Gasteiger partial charge in [0.05, 0.1) is 6.04 Å². The SMILES string of the molecule is CC(C)C(C)NC(=O)[C@@H]1CCCN1. The van der Waals surface area contributed by atoms with Crippen LogP contribution in [0.15, 0.2) is 0 Å². The summed E-state index contributed by atoms with van der Waals surface area (Å²) in [6.45, 7) is 7.27. The number of rotatable bonds is 3. The van der Waals surface area contributed by atoms with Gasteiger partial charge in [-0.05, 0) is 32.2 Å². The van der Waals surface area contributed by atoms with E-state index in [9.17, 15) is 4.79 Å². The third-order valence-corrected chi connectivity index (χ3v) is 2.75. The Morgan fingerprint density at radius 2 is 2.15 bits per heavy atom. The number of hydrogen-bond donors (Lipinski definition) is 2. The highest BCUT2D eigenvalue weighted by atomic mass is 16.2. The van der Waals surface area contributed by atoms with E-state index in [2.05, 4.69) is 31.4 Å². The molecular weight excluding hydrogens is 164 g/mol. The summed E-state index contributed by atoms with van der Waals surface area (Å²) in [5.41, 5.74) is 0. The zero-order valence-electron chi connectivity index (χ0n) is 8.76. The van der Waals surface area contributed by atoms with Crippen molar-refractivity contribution >= 4 is 5.91 Å². The molecule has 1 saturated heterocycles. The lowest BCUT2D eigenvalue weighted by Gasteiger charge is -2.19. The fourth-order valence-corrected chi connectivity index (χ4v) is 1.40. The summed E-state index contributed by atoms with van der Waals surface area (Å²) in [5.74, 6) is 0.670. The lowest BCUT2D eigenvalue weighted by Crippen LogP contribution is -2.45. The minimum absolute atomic E-state index is 0.0567. The third-order valence-electron chi connectivity index (χ3n) is 2.75. The van der Waals surface area contributed by atoms with E-state index >= 15 is 0 Å². The van der Waals surface area contributed by atoms with Gasteiger partial charge in [0.1, 0.15) is 0 Å². The predicted molar refractivity (Wildman–Crippen MR) is 53.5 cm³/mol. The Bertz CT molecular complexity index is 174. The topological polar surface area (TPSA) is 41.1 Å². The molecule has 1 fully saturated rings. The Morgan fingerprint density at radius 3 is 2.62 bits per heavy atom. The molecule has 2 atom stereocenters. The smallest absolute Gasteiger partial charge is 0.237 e. The van der Waals surface area contributed by atoms with E-state index in [0.717, 1.165) is 19.4 Å². The molecule has 1 heterocycles. The molecule has 13 heavy (non-hydrogen) atoms. The first kappa shape index (κ1) is 10.5. The lowest BCUT2D eigenvalue weighted by molar-refractivity contribution is -0.123. The molecule has 0 spiro atoms. The van der Waals surface area contributed by atoms with Crippen molar-refractivity contribution in [3.63, 3.8) is 0 Å². The molecule has 1 aliphatic heterocycles. The largest absolute Gasteiger partial charge is 0.352 e. The van der Waals surface area contributed by atoms with Crippen LogP contribution in [0.2, 0.25) is 0 Å². The predicted octanol–water partition coefficient (Wildman–Crippen LogP) is 0.899. The van der Waals surface area contributed by atoms with Gasteiger partial charge in [0.25, 0.3) is 0 Å². The molecule has 0 bridgehead atoms. The van der Waals surface area contributed by atoms with E-state index in [0.29, 0.717) is 5.92 Å². The van der Waals surface area contributed by atoms with Crippen LogP contribution in [-0.4, -0.2) is 24.5 Å². The first-order valence-corrected chi connectivity index (χ1v) is 5.15. The fraction of sp³-hybridized carbons (Fsp3) is 0.900. The maximum absolute atomic E-state index is 11.6. The highest BCUT2D eigenvalue weighted by Crippen LogP contribution is 2.06. The summed E-state index contributed by atoms with van der Waals surface area (Å²) in [7, 11) is 0. The summed E-state index contributed by atoms with van der Waals surface area (Å²) in [6, 6.07) is 0.330. The van der Waals surface area contributed by atoms with Crippen molar-refractivity contribution in [2.24, 2.45) is 5.92 Å². The van der Waals surface area contributed by atoms with Gasteiger partial charge in [-0.2, -0.15) is 0 Å². The van der Waals surface area contributed by atoms with Gasteiger partial charge < -0.3 is 10.6 Å². The second-order valence-corrected chi connectivity index (χ2v) is 4.19. The van der Waals surface area contributed by atoms with Crippen LogP contribution < -0.4 is 10.6 Å². The highest BCUT2D eigenvalue weighted by molar-refractivity contribution is 5.82. The van der Waals surface area contributed by atoms with Crippen LogP contribution in [0.4, 0.5) is 0 Å². The molecule has 2 N–H and O–H groups in total. The number of hydrogen-bond acceptors (Lipinski definition) is 2. The molecule has 1 aliphatic rings. The van der Waals surface area contributed by atoms with Crippen molar-refractivity contribution in [2.45, 2.75) is 45.7 Å². The third kappa shape index (κ3) is 2.99. The molecule has 3 heteroatoms. The van der Waals surface area contributed by atoms with Crippen molar-refractivity contribution in [1.29, 1.82) is 0 Å². The number of amides is 1. The Hall–Kier alpha value is -0.570. The average Bonchev–Trinajstić information content (AvgIpc) is 2.55. The summed E-state index contributed by atoms with van der Waals surface area (Å²) in [6.07, 6.45) is 2.10.